The van der Waals surface area contributed by atoms with Crippen LogP contribution < -0.4 is 10.5 Å². The molecule has 0 bridgehead atoms. The molecular formula is C27H27F4N5O5. The zero-order valence-electron chi connectivity index (χ0n) is 22.2. The van der Waals surface area contributed by atoms with E-state index >= 15 is 0 Å². The quantitative estimate of drug-likeness (QED) is 0.327. The molecule has 218 valence electrons. The predicted octanol–water partition coefficient (Wildman–Crippen LogP) is 4.87. The van der Waals surface area contributed by atoms with E-state index in [0.29, 0.717) is 46.2 Å². The Balaban J connectivity index is 1.41. The van der Waals surface area contributed by atoms with Crippen LogP contribution in [0.4, 0.5) is 22.4 Å². The van der Waals surface area contributed by atoms with Crippen molar-refractivity contribution in [2.45, 2.75) is 44.3 Å². The Kier molecular flexibility index (Phi) is 6.38. The number of rotatable bonds is 6. The fraction of sp³-hybridized carbons (Fsp3) is 0.444. The lowest BCUT2D eigenvalue weighted by atomic mass is 10.0. The molecule has 3 aromatic heterocycles. The highest BCUT2D eigenvalue weighted by molar-refractivity contribution is 6.00. The van der Waals surface area contributed by atoms with Gasteiger partial charge in [-0.2, -0.15) is 13.2 Å². The van der Waals surface area contributed by atoms with Gasteiger partial charge < -0.3 is 33.7 Å². The van der Waals surface area contributed by atoms with Crippen LogP contribution in [0.5, 0.6) is 5.75 Å². The number of hydrogen-bond acceptors (Lipinski definition) is 6. The van der Waals surface area contributed by atoms with Crippen molar-refractivity contribution in [3.63, 3.8) is 0 Å². The van der Waals surface area contributed by atoms with Gasteiger partial charge in [0.2, 0.25) is 11.5 Å². The first kappa shape index (κ1) is 27.0. The lowest BCUT2D eigenvalue weighted by Crippen LogP contribution is -2.49. The number of amides is 2. The van der Waals surface area contributed by atoms with Gasteiger partial charge in [-0.15, -0.1) is 0 Å². The summed E-state index contributed by atoms with van der Waals surface area (Å²) in [4.78, 5) is 30.6. The number of carbonyl (C=O) groups excluding carboxylic acids is 2. The summed E-state index contributed by atoms with van der Waals surface area (Å²) < 4.78 is 73.7. The average Bonchev–Trinajstić information content (AvgIpc) is 3.38. The zero-order chi connectivity index (χ0) is 29.2. The molecule has 10 nitrogen and oxygen atoms in total. The highest BCUT2D eigenvalue weighted by Crippen LogP contribution is 2.41. The fourth-order valence-electron chi connectivity index (χ4n) is 5.52. The number of furan rings is 1. The largest absolute Gasteiger partial charge is 0.494 e. The third kappa shape index (κ3) is 4.95. The molecule has 2 aliphatic rings. The second kappa shape index (κ2) is 9.70. The summed E-state index contributed by atoms with van der Waals surface area (Å²) >= 11 is 0. The van der Waals surface area contributed by atoms with Crippen LogP contribution in [0.25, 0.3) is 33.7 Å². The van der Waals surface area contributed by atoms with E-state index < -0.39 is 36.2 Å². The average molecular weight is 578 g/mol. The number of imidazole rings is 1. The molecule has 0 radical (unpaired) electrons. The second-order valence-corrected chi connectivity index (χ2v) is 10.6. The number of primary amides is 1. The summed E-state index contributed by atoms with van der Waals surface area (Å²) in [6, 6.07) is 5.67. The summed E-state index contributed by atoms with van der Waals surface area (Å²) in [7, 11) is 3.18. The maximum atomic E-state index is 14.4. The first-order chi connectivity index (χ1) is 19.4. The molecule has 2 fully saturated rings. The molecule has 2 N–H and O–H groups in total. The Morgan fingerprint density at radius 3 is 2.59 bits per heavy atom. The number of fused-ring (bicyclic) bond motifs is 2. The molecule has 1 aromatic carbocycles. The lowest BCUT2D eigenvalue weighted by molar-refractivity contribution is -0.152. The van der Waals surface area contributed by atoms with Crippen molar-refractivity contribution in [3.05, 3.63) is 35.6 Å². The summed E-state index contributed by atoms with van der Waals surface area (Å²) in [5, 5.41) is 0.307. The minimum atomic E-state index is -4.61. The van der Waals surface area contributed by atoms with E-state index in [2.05, 4.69) is 0 Å². The number of piperidine rings is 1. The van der Waals surface area contributed by atoms with E-state index in [0.717, 1.165) is 18.9 Å². The first-order valence-electron chi connectivity index (χ1n) is 13.1. The number of likely N-dealkylation sites (tertiary alicyclic amines) is 1. The Morgan fingerprint density at radius 2 is 1.93 bits per heavy atom. The number of alkyl halides is 4. The predicted molar refractivity (Wildman–Crippen MR) is 138 cm³/mol. The molecule has 0 unspecified atom stereocenters. The lowest BCUT2D eigenvalue weighted by Gasteiger charge is -2.34. The van der Waals surface area contributed by atoms with Crippen molar-refractivity contribution in [1.82, 2.24) is 19.0 Å². The van der Waals surface area contributed by atoms with Gasteiger partial charge in [-0.05, 0) is 43.0 Å². The number of ether oxygens (including phenoxy) is 2. The Bertz CT molecular complexity index is 1670. The van der Waals surface area contributed by atoms with Crippen LogP contribution in [0.1, 0.15) is 35.4 Å². The van der Waals surface area contributed by atoms with Crippen molar-refractivity contribution in [2.75, 3.05) is 20.2 Å². The van der Waals surface area contributed by atoms with E-state index in [1.54, 1.807) is 28.3 Å². The third-order valence-corrected chi connectivity index (χ3v) is 7.55. The van der Waals surface area contributed by atoms with Crippen LogP contribution >= 0.6 is 0 Å². The SMILES string of the molecule is COc1cc(C(=O)N2C[C@H](F)C[C@@H](OC(N)=O)C2)cc2nc(-c3cc4cc(C(F)(F)F)oc4n3CC3CC3)n(C)c12. The monoisotopic (exact) mass is 577 g/mol. The van der Waals surface area contributed by atoms with Gasteiger partial charge in [0.25, 0.3) is 5.91 Å². The summed E-state index contributed by atoms with van der Waals surface area (Å²) in [5.74, 6) is -0.477. The molecule has 1 aliphatic heterocycles. The van der Waals surface area contributed by atoms with Gasteiger partial charge in [0.15, 0.2) is 5.82 Å². The molecule has 1 saturated heterocycles. The Labute approximate surface area is 230 Å². The Morgan fingerprint density at radius 1 is 1.17 bits per heavy atom. The summed E-state index contributed by atoms with van der Waals surface area (Å²) in [6.07, 6.45) is -6.06. The number of carbonyl (C=O) groups is 2. The molecule has 4 aromatic rings. The maximum absolute atomic E-state index is 14.4. The molecule has 14 heteroatoms. The topological polar surface area (TPSA) is 118 Å². The molecule has 2 amide bonds. The van der Waals surface area contributed by atoms with Gasteiger partial charge >= 0.3 is 12.3 Å². The number of aryl methyl sites for hydroxylation is 1. The number of methoxy groups -OCH3 is 1. The van der Waals surface area contributed by atoms with Crippen molar-refractivity contribution < 1.29 is 41.0 Å². The smallest absolute Gasteiger partial charge is 0.449 e. The van der Waals surface area contributed by atoms with E-state index in [4.69, 9.17) is 24.6 Å². The van der Waals surface area contributed by atoms with Crippen LogP contribution in [0.3, 0.4) is 0 Å². The van der Waals surface area contributed by atoms with E-state index in [1.165, 1.54) is 18.1 Å². The molecule has 1 saturated carbocycles. The summed E-state index contributed by atoms with van der Waals surface area (Å²) in [6.45, 7) is 0.268. The minimum Gasteiger partial charge on any atom is -0.494 e. The fourth-order valence-corrected chi connectivity index (χ4v) is 5.52. The van der Waals surface area contributed by atoms with Gasteiger partial charge in [-0.1, -0.05) is 0 Å². The van der Waals surface area contributed by atoms with Crippen LogP contribution in [0, 0.1) is 5.92 Å². The van der Waals surface area contributed by atoms with Gasteiger partial charge in [0.05, 0.1) is 31.4 Å². The second-order valence-electron chi connectivity index (χ2n) is 10.6. The van der Waals surface area contributed by atoms with Crippen LogP contribution in [0.2, 0.25) is 0 Å². The van der Waals surface area contributed by atoms with Crippen LogP contribution in [0.15, 0.2) is 28.7 Å². The van der Waals surface area contributed by atoms with Gasteiger partial charge in [0.1, 0.15) is 23.5 Å². The number of hydrogen-bond donors (Lipinski definition) is 1. The summed E-state index contributed by atoms with van der Waals surface area (Å²) in [5.41, 5.74) is 6.90. The highest BCUT2D eigenvalue weighted by atomic mass is 19.4. The molecule has 41 heavy (non-hydrogen) atoms. The number of halogens is 4. The van der Waals surface area contributed by atoms with Gasteiger partial charge in [0, 0.05) is 31.0 Å². The Hall–Kier alpha value is -4.23. The molecule has 4 heterocycles. The highest BCUT2D eigenvalue weighted by Gasteiger charge is 2.37. The zero-order valence-corrected chi connectivity index (χ0v) is 22.2. The number of benzene rings is 1. The van der Waals surface area contributed by atoms with E-state index in [1.807, 2.05) is 0 Å². The van der Waals surface area contributed by atoms with Crippen molar-refractivity contribution in [3.8, 4) is 17.3 Å². The maximum Gasteiger partial charge on any atom is 0.449 e. The van der Waals surface area contributed by atoms with Crippen molar-refractivity contribution >= 4 is 34.1 Å². The number of aromatic nitrogens is 3. The normalized spacial score (nSPS) is 19.7. The van der Waals surface area contributed by atoms with E-state index in [9.17, 15) is 27.2 Å². The van der Waals surface area contributed by atoms with Gasteiger partial charge in [-0.25, -0.2) is 14.2 Å². The van der Waals surface area contributed by atoms with Crippen LogP contribution in [-0.4, -0.2) is 63.5 Å². The molecule has 2 atom stereocenters. The van der Waals surface area contributed by atoms with E-state index in [-0.39, 0.29) is 30.8 Å². The van der Waals surface area contributed by atoms with Crippen LogP contribution in [-0.2, 0) is 24.5 Å². The van der Waals surface area contributed by atoms with Crippen molar-refractivity contribution in [2.24, 2.45) is 18.7 Å². The molecule has 0 spiro atoms. The first-order valence-corrected chi connectivity index (χ1v) is 13.1. The molecule has 6 rings (SSSR count). The molecular weight excluding hydrogens is 550 g/mol. The van der Waals surface area contributed by atoms with Crippen molar-refractivity contribution in [1.29, 1.82) is 0 Å². The minimum absolute atomic E-state index is 0.0241. The van der Waals surface area contributed by atoms with Gasteiger partial charge in [-0.3, -0.25) is 4.79 Å². The number of nitrogens with two attached hydrogens (primary N) is 1. The number of nitrogens with zero attached hydrogens (tertiary/aromatic N) is 4. The third-order valence-electron chi connectivity index (χ3n) is 7.55. The molecule has 1 aliphatic carbocycles. The standard InChI is InChI=1S/C27H27F4N5O5/c1-34-22-18(5-14(7-20(22)39-2)24(37)35-11-16(28)9-17(12-35)40-26(32)38)33-23(34)19-6-15-8-21(27(29,30)31)41-25(15)36(19)10-13-3-4-13/h5-8,13,16-17H,3-4,9-12H2,1-2H3,(H2,32,38)/t16-,17-/m1/s1.